The molecule has 1 aliphatic heterocycles. The van der Waals surface area contributed by atoms with Gasteiger partial charge in [0.1, 0.15) is 0 Å². The lowest BCUT2D eigenvalue weighted by Crippen LogP contribution is -2.43. The predicted molar refractivity (Wildman–Crippen MR) is 80.3 cm³/mol. The molecule has 0 amide bonds. The van der Waals surface area contributed by atoms with Gasteiger partial charge in [0.25, 0.3) is 0 Å². The summed E-state index contributed by atoms with van der Waals surface area (Å²) < 4.78 is 65.2. The molecule has 1 fully saturated rings. The third kappa shape index (κ3) is 5.42. The van der Waals surface area contributed by atoms with Crippen LogP contribution in [0.2, 0.25) is 0 Å². The van der Waals surface area contributed by atoms with Crippen molar-refractivity contribution in [3.63, 3.8) is 0 Å². The Morgan fingerprint density at radius 1 is 1.18 bits per heavy atom. The molecule has 2 N–H and O–H groups in total. The number of halogens is 4. The molecule has 0 aromatic heterocycles. The first kappa shape index (κ1) is 19.2. The van der Waals surface area contributed by atoms with E-state index < -0.39 is 27.5 Å². The molecule has 0 radical (unpaired) electrons. The highest BCUT2D eigenvalue weighted by Gasteiger charge is 2.34. The van der Waals surface area contributed by atoms with Gasteiger partial charge in [0, 0.05) is 6.04 Å². The maximum Gasteiger partial charge on any atom is 0.416 e. The Bertz CT molecular complexity index is 587. The van der Waals surface area contributed by atoms with Crippen LogP contribution in [0.3, 0.4) is 0 Å². The van der Waals surface area contributed by atoms with Crippen LogP contribution < -0.4 is 10.0 Å². The van der Waals surface area contributed by atoms with Gasteiger partial charge in [-0.3, -0.25) is 0 Å². The van der Waals surface area contributed by atoms with Crippen LogP contribution in [-0.2, 0) is 22.0 Å². The summed E-state index contributed by atoms with van der Waals surface area (Å²) >= 11 is 0. The SMILES string of the molecule is Cl.O=S(=O)(Cc1ccccc1C(F)(F)F)NC1CCNCC1. The van der Waals surface area contributed by atoms with Crippen LogP contribution in [-0.4, -0.2) is 27.5 Å². The summed E-state index contributed by atoms with van der Waals surface area (Å²) in [6, 6.07) is 4.54. The lowest BCUT2D eigenvalue weighted by atomic mass is 10.1. The number of sulfonamides is 1. The first-order chi connectivity index (χ1) is 9.78. The van der Waals surface area contributed by atoms with Crippen molar-refractivity contribution in [3.8, 4) is 0 Å². The van der Waals surface area contributed by atoms with Crippen LogP contribution in [0.25, 0.3) is 0 Å². The third-order valence-corrected chi connectivity index (χ3v) is 4.74. The van der Waals surface area contributed by atoms with Crippen LogP contribution in [0.5, 0.6) is 0 Å². The number of hydrogen-bond donors (Lipinski definition) is 2. The van der Waals surface area contributed by atoms with Crippen molar-refractivity contribution >= 4 is 22.4 Å². The van der Waals surface area contributed by atoms with E-state index >= 15 is 0 Å². The van der Waals surface area contributed by atoms with E-state index in [4.69, 9.17) is 0 Å². The van der Waals surface area contributed by atoms with Crippen molar-refractivity contribution in [1.82, 2.24) is 10.0 Å². The van der Waals surface area contributed by atoms with E-state index in [-0.39, 0.29) is 24.0 Å². The van der Waals surface area contributed by atoms with Crippen LogP contribution in [0.15, 0.2) is 24.3 Å². The molecule has 1 aliphatic rings. The molecule has 1 aromatic carbocycles. The van der Waals surface area contributed by atoms with Gasteiger partial charge in [0.05, 0.1) is 11.3 Å². The fourth-order valence-electron chi connectivity index (χ4n) is 2.36. The van der Waals surface area contributed by atoms with E-state index in [1.807, 2.05) is 0 Å². The fraction of sp³-hybridized carbons (Fsp3) is 0.538. The molecule has 0 bridgehead atoms. The van der Waals surface area contributed by atoms with Gasteiger partial charge in [0.15, 0.2) is 0 Å². The molecule has 22 heavy (non-hydrogen) atoms. The normalized spacial score (nSPS) is 17.0. The molecule has 0 atom stereocenters. The van der Waals surface area contributed by atoms with Gasteiger partial charge in [-0.05, 0) is 37.6 Å². The summed E-state index contributed by atoms with van der Waals surface area (Å²) in [5, 5.41) is 3.10. The van der Waals surface area contributed by atoms with Crippen molar-refractivity contribution in [2.24, 2.45) is 0 Å². The van der Waals surface area contributed by atoms with E-state index in [0.29, 0.717) is 25.9 Å². The van der Waals surface area contributed by atoms with Gasteiger partial charge < -0.3 is 5.32 Å². The summed E-state index contributed by atoms with van der Waals surface area (Å²) in [6.45, 7) is 1.40. The summed E-state index contributed by atoms with van der Waals surface area (Å²) in [4.78, 5) is 0. The molecular formula is C13H18ClF3N2O2S. The van der Waals surface area contributed by atoms with Crippen molar-refractivity contribution in [1.29, 1.82) is 0 Å². The Kier molecular flexibility index (Phi) is 6.66. The maximum absolute atomic E-state index is 12.9. The lowest BCUT2D eigenvalue weighted by molar-refractivity contribution is -0.138. The van der Waals surface area contributed by atoms with Gasteiger partial charge in [-0.2, -0.15) is 13.2 Å². The monoisotopic (exact) mass is 358 g/mol. The second-order valence-corrected chi connectivity index (χ2v) is 6.81. The van der Waals surface area contributed by atoms with E-state index in [9.17, 15) is 21.6 Å². The number of nitrogens with one attached hydrogen (secondary N) is 2. The molecule has 9 heteroatoms. The molecule has 1 saturated heterocycles. The van der Waals surface area contributed by atoms with Crippen molar-refractivity contribution in [2.45, 2.75) is 30.8 Å². The quantitative estimate of drug-likeness (QED) is 0.868. The maximum atomic E-state index is 12.9. The Morgan fingerprint density at radius 2 is 1.77 bits per heavy atom. The van der Waals surface area contributed by atoms with E-state index in [0.717, 1.165) is 6.07 Å². The van der Waals surface area contributed by atoms with Gasteiger partial charge in [-0.25, -0.2) is 13.1 Å². The topological polar surface area (TPSA) is 58.2 Å². The zero-order valence-electron chi connectivity index (χ0n) is 11.7. The van der Waals surface area contributed by atoms with Crippen LogP contribution >= 0.6 is 12.4 Å². The zero-order valence-corrected chi connectivity index (χ0v) is 13.3. The van der Waals surface area contributed by atoms with Crippen molar-refractivity contribution < 1.29 is 21.6 Å². The molecule has 2 rings (SSSR count). The fourth-order valence-corrected chi connectivity index (χ4v) is 3.85. The number of hydrogen-bond acceptors (Lipinski definition) is 3. The van der Waals surface area contributed by atoms with Crippen LogP contribution in [0, 0.1) is 0 Å². The minimum atomic E-state index is -4.55. The number of alkyl halides is 3. The molecule has 0 spiro atoms. The molecule has 0 saturated carbocycles. The molecule has 0 unspecified atom stereocenters. The Labute approximate surface area is 133 Å². The van der Waals surface area contributed by atoms with E-state index in [1.54, 1.807) is 0 Å². The van der Waals surface area contributed by atoms with Crippen LogP contribution in [0.4, 0.5) is 13.2 Å². The predicted octanol–water partition coefficient (Wildman–Crippen LogP) is 2.30. The summed E-state index contributed by atoms with van der Waals surface area (Å²) in [5.74, 6) is -0.660. The van der Waals surface area contributed by atoms with E-state index in [2.05, 4.69) is 10.0 Å². The largest absolute Gasteiger partial charge is 0.416 e. The van der Waals surface area contributed by atoms with Gasteiger partial charge in [0.2, 0.25) is 10.0 Å². The average molecular weight is 359 g/mol. The van der Waals surface area contributed by atoms with Crippen LogP contribution in [0.1, 0.15) is 24.0 Å². The molecule has 1 aromatic rings. The van der Waals surface area contributed by atoms with E-state index in [1.165, 1.54) is 18.2 Å². The van der Waals surface area contributed by atoms with Gasteiger partial charge >= 0.3 is 6.18 Å². The highest BCUT2D eigenvalue weighted by molar-refractivity contribution is 7.88. The standard InChI is InChI=1S/C13H17F3N2O2S.ClH/c14-13(15,16)12-4-2-1-3-10(12)9-21(19,20)18-11-5-7-17-8-6-11;/h1-4,11,17-18H,5-9H2;1H. The lowest BCUT2D eigenvalue weighted by Gasteiger charge is -2.23. The molecule has 0 aliphatic carbocycles. The van der Waals surface area contributed by atoms with Crippen molar-refractivity contribution in [2.75, 3.05) is 13.1 Å². The third-order valence-electron chi connectivity index (χ3n) is 3.35. The first-order valence-corrected chi connectivity index (χ1v) is 8.29. The smallest absolute Gasteiger partial charge is 0.317 e. The van der Waals surface area contributed by atoms with Gasteiger partial charge in [-0.1, -0.05) is 18.2 Å². The minimum absolute atomic E-state index is 0. The highest BCUT2D eigenvalue weighted by Crippen LogP contribution is 2.32. The molecule has 4 nitrogen and oxygen atoms in total. The number of benzene rings is 1. The van der Waals surface area contributed by atoms with Crippen molar-refractivity contribution in [3.05, 3.63) is 35.4 Å². The molecular weight excluding hydrogens is 341 g/mol. The Balaban J connectivity index is 0.00000242. The first-order valence-electron chi connectivity index (χ1n) is 6.64. The summed E-state index contributed by atoms with van der Waals surface area (Å²) in [7, 11) is -3.79. The Morgan fingerprint density at radius 3 is 2.36 bits per heavy atom. The zero-order chi connectivity index (χ0) is 15.5. The average Bonchev–Trinajstić information content (AvgIpc) is 2.38. The minimum Gasteiger partial charge on any atom is -0.317 e. The summed E-state index contributed by atoms with van der Waals surface area (Å²) in [5.41, 5.74) is -1.13. The second-order valence-electron chi connectivity index (χ2n) is 5.06. The summed E-state index contributed by atoms with van der Waals surface area (Å²) in [6.07, 6.45) is -3.28. The molecule has 1 heterocycles. The highest BCUT2D eigenvalue weighted by atomic mass is 35.5. The number of piperidine rings is 1. The molecule has 126 valence electrons. The number of rotatable bonds is 4. The second kappa shape index (κ2) is 7.63. The Hall–Kier alpha value is -0.830. The van der Waals surface area contributed by atoms with Gasteiger partial charge in [-0.15, -0.1) is 12.4 Å².